The highest BCUT2D eigenvalue weighted by Gasteiger charge is 2.13. The van der Waals surface area contributed by atoms with Gasteiger partial charge < -0.3 is 10.4 Å². The molecule has 1 aromatic heterocycles. The molecule has 3 aromatic rings. The molecule has 3 rings (SSSR count). The number of aliphatic hydroxyl groups excluding tert-OH is 1. The predicted octanol–water partition coefficient (Wildman–Crippen LogP) is 3.03. The highest BCUT2D eigenvalue weighted by molar-refractivity contribution is 5.21. The first-order chi connectivity index (χ1) is 12.1. The zero-order valence-electron chi connectivity index (χ0n) is 13.6. The first-order valence-electron chi connectivity index (χ1n) is 8.01. The van der Waals surface area contributed by atoms with Gasteiger partial charge in [-0.1, -0.05) is 36.4 Å². The fourth-order valence-electron chi connectivity index (χ4n) is 2.59. The molecule has 1 atom stereocenters. The van der Waals surface area contributed by atoms with E-state index < -0.39 is 17.7 Å². The molecule has 0 bridgehead atoms. The minimum absolute atomic E-state index is 0.0775. The van der Waals surface area contributed by atoms with Gasteiger partial charge in [0.2, 0.25) is 0 Å². The monoisotopic (exact) mass is 343 g/mol. The summed E-state index contributed by atoms with van der Waals surface area (Å²) < 4.78 is 28.4. The first kappa shape index (κ1) is 17.3. The summed E-state index contributed by atoms with van der Waals surface area (Å²) in [4.78, 5) is 0. The molecule has 0 aliphatic carbocycles. The van der Waals surface area contributed by atoms with Gasteiger partial charge in [0.15, 0.2) is 0 Å². The number of halogens is 2. The normalized spacial score (nSPS) is 12.3. The van der Waals surface area contributed by atoms with Gasteiger partial charge in [-0.05, 0) is 11.6 Å². The van der Waals surface area contributed by atoms with Crippen molar-refractivity contribution in [1.82, 2.24) is 15.1 Å². The average Bonchev–Trinajstić information content (AvgIpc) is 3.03. The van der Waals surface area contributed by atoms with Crippen molar-refractivity contribution in [3.05, 3.63) is 89.2 Å². The van der Waals surface area contributed by atoms with E-state index in [0.717, 1.165) is 23.3 Å². The van der Waals surface area contributed by atoms with Crippen LogP contribution in [-0.2, 0) is 13.1 Å². The van der Waals surface area contributed by atoms with Gasteiger partial charge in [0.25, 0.3) is 0 Å². The van der Waals surface area contributed by atoms with Crippen LogP contribution in [0.3, 0.4) is 0 Å². The van der Waals surface area contributed by atoms with Gasteiger partial charge in [-0.3, -0.25) is 4.68 Å². The van der Waals surface area contributed by atoms with Crippen LogP contribution in [0.4, 0.5) is 8.78 Å². The van der Waals surface area contributed by atoms with Gasteiger partial charge in [-0.25, -0.2) is 8.78 Å². The average molecular weight is 343 g/mol. The van der Waals surface area contributed by atoms with Gasteiger partial charge >= 0.3 is 0 Å². The highest BCUT2D eigenvalue weighted by atomic mass is 19.1. The van der Waals surface area contributed by atoms with Crippen LogP contribution in [-0.4, -0.2) is 21.4 Å². The lowest BCUT2D eigenvalue weighted by molar-refractivity contribution is 0.169. The first-order valence-corrected chi connectivity index (χ1v) is 8.01. The Hall–Kier alpha value is -2.57. The smallest absolute Gasteiger partial charge is 0.131 e. The van der Waals surface area contributed by atoms with Crippen molar-refractivity contribution in [3.8, 4) is 0 Å². The summed E-state index contributed by atoms with van der Waals surface area (Å²) in [5.74, 6) is -1.41. The number of aromatic nitrogens is 2. The van der Waals surface area contributed by atoms with E-state index >= 15 is 0 Å². The molecule has 0 unspecified atom stereocenters. The molecule has 2 aromatic carbocycles. The Morgan fingerprint density at radius 3 is 2.64 bits per heavy atom. The summed E-state index contributed by atoms with van der Waals surface area (Å²) in [6.45, 7) is 1.34. The lowest BCUT2D eigenvalue weighted by atomic mass is 10.1. The van der Waals surface area contributed by atoms with Gasteiger partial charge in [-0.2, -0.15) is 5.10 Å². The quantitative estimate of drug-likeness (QED) is 0.693. The van der Waals surface area contributed by atoms with Crippen molar-refractivity contribution in [1.29, 1.82) is 0 Å². The second-order valence-electron chi connectivity index (χ2n) is 5.84. The highest BCUT2D eigenvalue weighted by Crippen LogP contribution is 2.17. The summed E-state index contributed by atoms with van der Waals surface area (Å²) in [6.07, 6.45) is 2.63. The maximum Gasteiger partial charge on any atom is 0.131 e. The van der Waals surface area contributed by atoms with Crippen molar-refractivity contribution in [3.63, 3.8) is 0 Å². The lowest BCUT2D eigenvalue weighted by Gasteiger charge is -2.12. The van der Waals surface area contributed by atoms with Gasteiger partial charge in [0, 0.05) is 36.5 Å². The molecule has 0 fully saturated rings. The van der Waals surface area contributed by atoms with Crippen LogP contribution in [0.25, 0.3) is 0 Å². The van der Waals surface area contributed by atoms with Crippen molar-refractivity contribution in [2.45, 2.75) is 19.2 Å². The molecule has 0 saturated heterocycles. The number of hydrogen-bond donors (Lipinski definition) is 2. The summed E-state index contributed by atoms with van der Waals surface area (Å²) in [7, 11) is 0. The predicted molar refractivity (Wildman–Crippen MR) is 90.8 cm³/mol. The van der Waals surface area contributed by atoms with Crippen LogP contribution >= 0.6 is 0 Å². The van der Waals surface area contributed by atoms with E-state index in [-0.39, 0.29) is 12.1 Å². The summed E-state index contributed by atoms with van der Waals surface area (Å²) in [5, 5.41) is 17.4. The van der Waals surface area contributed by atoms with E-state index in [1.165, 1.54) is 6.07 Å². The Bertz CT molecular complexity index is 821. The zero-order chi connectivity index (χ0) is 17.6. The maximum atomic E-state index is 13.6. The topological polar surface area (TPSA) is 50.1 Å². The fraction of sp³-hybridized carbons (Fsp3) is 0.211. The van der Waals surface area contributed by atoms with Crippen molar-refractivity contribution in [2.75, 3.05) is 6.54 Å². The molecule has 6 heteroatoms. The molecule has 1 heterocycles. The van der Waals surface area contributed by atoms with Crippen molar-refractivity contribution >= 4 is 0 Å². The molecule has 25 heavy (non-hydrogen) atoms. The third-order valence-electron chi connectivity index (χ3n) is 3.86. The molecule has 0 amide bonds. The largest absolute Gasteiger partial charge is 0.387 e. The van der Waals surface area contributed by atoms with Crippen LogP contribution < -0.4 is 5.32 Å². The number of rotatable bonds is 7. The van der Waals surface area contributed by atoms with E-state index in [1.807, 2.05) is 41.2 Å². The van der Waals surface area contributed by atoms with Crippen molar-refractivity contribution in [2.24, 2.45) is 0 Å². The molecule has 4 nitrogen and oxygen atoms in total. The minimum Gasteiger partial charge on any atom is -0.387 e. The molecule has 2 N–H and O–H groups in total. The van der Waals surface area contributed by atoms with Crippen LogP contribution in [0.2, 0.25) is 0 Å². The Labute approximate surface area is 144 Å². The Morgan fingerprint density at radius 2 is 1.88 bits per heavy atom. The Morgan fingerprint density at radius 1 is 1.08 bits per heavy atom. The number of hydrogen-bond acceptors (Lipinski definition) is 3. The second-order valence-corrected chi connectivity index (χ2v) is 5.84. The minimum atomic E-state index is -1.04. The number of nitrogens with one attached hydrogen (secondary N) is 1. The van der Waals surface area contributed by atoms with E-state index in [2.05, 4.69) is 10.4 Å². The lowest BCUT2D eigenvalue weighted by Crippen LogP contribution is -2.21. The third kappa shape index (κ3) is 4.71. The standard InChI is InChI=1S/C19H19F2N3O/c20-16-6-7-17(18(21)8-16)19(25)11-22-9-15-10-23-24(13-15)12-14-4-2-1-3-5-14/h1-8,10,13,19,22,25H,9,11-12H2/t19-/m0/s1. The SMILES string of the molecule is O[C@@H](CNCc1cnn(Cc2ccccc2)c1)c1ccc(F)cc1F. The molecule has 0 aliphatic rings. The summed E-state index contributed by atoms with van der Waals surface area (Å²) in [5.41, 5.74) is 2.20. The molecule has 0 aliphatic heterocycles. The second kappa shape index (κ2) is 8.00. The van der Waals surface area contributed by atoms with Gasteiger partial charge in [0.05, 0.1) is 18.8 Å². The summed E-state index contributed by atoms with van der Waals surface area (Å²) >= 11 is 0. The van der Waals surface area contributed by atoms with Crippen LogP contribution in [0.5, 0.6) is 0 Å². The fourth-order valence-corrected chi connectivity index (χ4v) is 2.59. The van der Waals surface area contributed by atoms with E-state index in [1.54, 1.807) is 6.20 Å². The van der Waals surface area contributed by atoms with Gasteiger partial charge in [-0.15, -0.1) is 0 Å². The summed E-state index contributed by atoms with van der Waals surface area (Å²) in [6, 6.07) is 13.2. The number of aliphatic hydroxyl groups is 1. The van der Waals surface area contributed by atoms with Crippen LogP contribution in [0.1, 0.15) is 22.8 Å². The Balaban J connectivity index is 1.50. The van der Waals surface area contributed by atoms with Gasteiger partial charge in [0.1, 0.15) is 11.6 Å². The maximum absolute atomic E-state index is 13.6. The molecular formula is C19H19F2N3O. The van der Waals surface area contributed by atoms with E-state index in [4.69, 9.17) is 0 Å². The molecule has 130 valence electrons. The van der Waals surface area contributed by atoms with Crippen molar-refractivity contribution < 1.29 is 13.9 Å². The third-order valence-corrected chi connectivity index (χ3v) is 3.86. The molecular weight excluding hydrogens is 324 g/mol. The molecule has 0 saturated carbocycles. The van der Waals surface area contributed by atoms with Crippen LogP contribution in [0, 0.1) is 11.6 Å². The number of nitrogens with zero attached hydrogens (tertiary/aromatic N) is 2. The molecule has 0 spiro atoms. The van der Waals surface area contributed by atoms with E-state index in [0.29, 0.717) is 13.1 Å². The van der Waals surface area contributed by atoms with E-state index in [9.17, 15) is 13.9 Å². The number of benzene rings is 2. The van der Waals surface area contributed by atoms with Crippen LogP contribution in [0.15, 0.2) is 60.9 Å². The molecule has 0 radical (unpaired) electrons. The zero-order valence-corrected chi connectivity index (χ0v) is 13.6. The Kier molecular flexibility index (Phi) is 5.53.